The van der Waals surface area contributed by atoms with Crippen molar-refractivity contribution in [1.82, 2.24) is 14.7 Å². The number of likely N-dealkylation sites (N-methyl/N-ethyl adjacent to an activating group) is 1. The van der Waals surface area contributed by atoms with E-state index in [0.29, 0.717) is 13.2 Å². The van der Waals surface area contributed by atoms with Crippen LogP contribution in [0.2, 0.25) is 0 Å². The van der Waals surface area contributed by atoms with Gasteiger partial charge in [-0.3, -0.25) is 4.68 Å². The van der Waals surface area contributed by atoms with Crippen molar-refractivity contribution in [2.75, 3.05) is 20.2 Å². The number of carbonyl (C=O) groups is 1. The molecule has 6 nitrogen and oxygen atoms in total. The Morgan fingerprint density at radius 1 is 1.48 bits per heavy atom. The van der Waals surface area contributed by atoms with E-state index in [1.54, 1.807) is 7.05 Å². The molecule has 0 aliphatic carbocycles. The molecule has 1 aliphatic heterocycles. The molecule has 0 spiro atoms. The molecule has 1 amide bonds. The lowest BCUT2D eigenvalue weighted by molar-refractivity contribution is 0.149. The normalized spacial score (nSPS) is 16.6. The summed E-state index contributed by atoms with van der Waals surface area (Å²) in [5.41, 5.74) is 4.23. The quantitative estimate of drug-likeness (QED) is 0.945. The minimum atomic E-state index is -0.905. The Balaban J connectivity index is 2.00. The molecule has 0 bridgehead atoms. The van der Waals surface area contributed by atoms with Crippen LogP contribution < -0.4 is 4.74 Å². The lowest BCUT2D eigenvalue weighted by Crippen LogP contribution is -2.31. The van der Waals surface area contributed by atoms with Gasteiger partial charge in [-0.15, -0.1) is 0 Å². The van der Waals surface area contributed by atoms with Crippen LogP contribution in [-0.4, -0.2) is 46.1 Å². The van der Waals surface area contributed by atoms with Gasteiger partial charge in [-0.1, -0.05) is 18.2 Å². The number of amides is 1. The van der Waals surface area contributed by atoms with E-state index in [1.165, 1.54) is 4.90 Å². The third-order valence-corrected chi connectivity index (χ3v) is 4.54. The molecule has 1 aliphatic rings. The SMILES string of the molecule is Cc1c(-c2cccc3c2OCC[C@H]3CN(C)C(=O)O)cnn1C. The van der Waals surface area contributed by atoms with E-state index in [-0.39, 0.29) is 5.92 Å². The van der Waals surface area contributed by atoms with Crippen molar-refractivity contribution in [3.63, 3.8) is 0 Å². The molecule has 2 heterocycles. The van der Waals surface area contributed by atoms with Crippen LogP contribution in [0.5, 0.6) is 5.75 Å². The second-order valence-corrected chi connectivity index (χ2v) is 5.99. The number of aryl methyl sites for hydroxylation is 1. The van der Waals surface area contributed by atoms with Crippen LogP contribution >= 0.6 is 0 Å². The molecule has 122 valence electrons. The van der Waals surface area contributed by atoms with Crippen LogP contribution in [0.15, 0.2) is 24.4 Å². The third kappa shape index (κ3) is 2.76. The second kappa shape index (κ2) is 5.95. The predicted molar refractivity (Wildman–Crippen MR) is 86.9 cm³/mol. The standard InChI is InChI=1S/C17H21N3O3/c1-11-15(9-18-20(11)3)14-6-4-5-13-12(7-8-23-16(13)14)10-19(2)17(21)22/h4-6,9,12H,7-8,10H2,1-3H3,(H,21,22)/t12-/m0/s1. The first-order valence-corrected chi connectivity index (χ1v) is 7.67. The van der Waals surface area contributed by atoms with Crippen LogP contribution in [0, 0.1) is 6.92 Å². The Labute approximate surface area is 135 Å². The monoisotopic (exact) mass is 315 g/mol. The average molecular weight is 315 g/mol. The van der Waals surface area contributed by atoms with Crippen LogP contribution in [0.1, 0.15) is 23.6 Å². The fraction of sp³-hybridized carbons (Fsp3) is 0.412. The summed E-state index contributed by atoms with van der Waals surface area (Å²) in [7, 11) is 3.52. The van der Waals surface area contributed by atoms with E-state index in [1.807, 2.05) is 43.0 Å². The van der Waals surface area contributed by atoms with Crippen molar-refractivity contribution < 1.29 is 14.6 Å². The van der Waals surface area contributed by atoms with E-state index >= 15 is 0 Å². The summed E-state index contributed by atoms with van der Waals surface area (Å²) in [5, 5.41) is 13.4. The summed E-state index contributed by atoms with van der Waals surface area (Å²) in [6, 6.07) is 6.07. The topological polar surface area (TPSA) is 67.6 Å². The molecule has 23 heavy (non-hydrogen) atoms. The van der Waals surface area contributed by atoms with Crippen molar-refractivity contribution in [3.05, 3.63) is 35.7 Å². The van der Waals surface area contributed by atoms with E-state index in [2.05, 4.69) is 5.10 Å². The fourth-order valence-electron chi connectivity index (χ4n) is 3.07. The molecule has 0 saturated heterocycles. The highest BCUT2D eigenvalue weighted by Gasteiger charge is 2.27. The summed E-state index contributed by atoms with van der Waals surface area (Å²) >= 11 is 0. The number of aromatic nitrogens is 2. The number of nitrogens with zero attached hydrogens (tertiary/aromatic N) is 3. The van der Waals surface area contributed by atoms with Crippen LogP contribution in [0.4, 0.5) is 4.79 Å². The zero-order valence-electron chi connectivity index (χ0n) is 13.6. The Kier molecular flexibility index (Phi) is 3.98. The van der Waals surface area contributed by atoms with Gasteiger partial charge in [0.15, 0.2) is 0 Å². The number of carboxylic acid groups (broad SMARTS) is 1. The minimum Gasteiger partial charge on any atom is -0.493 e. The maximum Gasteiger partial charge on any atom is 0.407 e. The number of hydrogen-bond acceptors (Lipinski definition) is 3. The molecule has 0 fully saturated rings. The fourth-order valence-corrected chi connectivity index (χ4v) is 3.07. The molecule has 0 unspecified atom stereocenters. The second-order valence-electron chi connectivity index (χ2n) is 5.99. The summed E-state index contributed by atoms with van der Waals surface area (Å²) in [6.07, 6.45) is 1.76. The molecule has 1 atom stereocenters. The Hall–Kier alpha value is -2.50. The number of hydrogen-bond donors (Lipinski definition) is 1. The molecule has 1 aromatic heterocycles. The lowest BCUT2D eigenvalue weighted by Gasteiger charge is -2.29. The van der Waals surface area contributed by atoms with Crippen molar-refractivity contribution >= 4 is 6.09 Å². The number of fused-ring (bicyclic) bond motifs is 1. The van der Waals surface area contributed by atoms with Gasteiger partial charge in [0.25, 0.3) is 0 Å². The molecule has 2 aromatic rings. The molecule has 3 rings (SSSR count). The van der Waals surface area contributed by atoms with Gasteiger partial charge in [-0.2, -0.15) is 5.10 Å². The van der Waals surface area contributed by atoms with Crippen molar-refractivity contribution in [3.8, 4) is 16.9 Å². The Bertz CT molecular complexity index is 739. The zero-order chi connectivity index (χ0) is 16.6. The largest absolute Gasteiger partial charge is 0.493 e. The van der Waals surface area contributed by atoms with Crippen LogP contribution in [0.25, 0.3) is 11.1 Å². The summed E-state index contributed by atoms with van der Waals surface area (Å²) in [6.45, 7) is 3.10. The smallest absolute Gasteiger partial charge is 0.407 e. The van der Waals surface area contributed by atoms with E-state index in [9.17, 15) is 4.79 Å². The maximum atomic E-state index is 11.1. The highest BCUT2D eigenvalue weighted by atomic mass is 16.5. The van der Waals surface area contributed by atoms with Crippen LogP contribution in [0.3, 0.4) is 0 Å². The molecule has 1 aromatic carbocycles. The summed E-state index contributed by atoms with van der Waals surface area (Å²) in [4.78, 5) is 12.4. The minimum absolute atomic E-state index is 0.150. The van der Waals surface area contributed by atoms with Crippen molar-refractivity contribution in [2.45, 2.75) is 19.3 Å². The third-order valence-electron chi connectivity index (χ3n) is 4.54. The summed E-state index contributed by atoms with van der Waals surface area (Å²) < 4.78 is 7.78. The van der Waals surface area contributed by atoms with E-state index < -0.39 is 6.09 Å². The zero-order valence-corrected chi connectivity index (χ0v) is 13.6. The first-order valence-electron chi connectivity index (χ1n) is 7.67. The molecule has 6 heteroatoms. The predicted octanol–water partition coefficient (Wildman–Crippen LogP) is 2.87. The molecular formula is C17H21N3O3. The lowest BCUT2D eigenvalue weighted by atomic mass is 9.89. The Morgan fingerprint density at radius 3 is 2.91 bits per heavy atom. The first kappa shape index (κ1) is 15.4. The molecule has 1 N–H and O–H groups in total. The van der Waals surface area contributed by atoms with Gasteiger partial charge in [0.1, 0.15) is 5.75 Å². The Morgan fingerprint density at radius 2 is 2.26 bits per heavy atom. The number of ether oxygens (including phenoxy) is 1. The highest BCUT2D eigenvalue weighted by molar-refractivity contribution is 5.74. The van der Waals surface area contributed by atoms with Gasteiger partial charge in [-0.25, -0.2) is 4.79 Å². The van der Waals surface area contributed by atoms with Gasteiger partial charge in [0.05, 0.1) is 12.8 Å². The van der Waals surface area contributed by atoms with Gasteiger partial charge in [0.2, 0.25) is 0 Å². The van der Waals surface area contributed by atoms with Crippen molar-refractivity contribution in [2.24, 2.45) is 7.05 Å². The molecule has 0 saturated carbocycles. The van der Waals surface area contributed by atoms with Gasteiger partial charge < -0.3 is 14.7 Å². The molecule has 0 radical (unpaired) electrons. The van der Waals surface area contributed by atoms with Crippen LogP contribution in [-0.2, 0) is 7.05 Å². The number of para-hydroxylation sites is 1. The average Bonchev–Trinajstić information content (AvgIpc) is 2.86. The van der Waals surface area contributed by atoms with Gasteiger partial charge in [-0.05, 0) is 18.9 Å². The first-order chi connectivity index (χ1) is 11.0. The number of benzene rings is 1. The van der Waals surface area contributed by atoms with Crippen molar-refractivity contribution in [1.29, 1.82) is 0 Å². The van der Waals surface area contributed by atoms with Gasteiger partial charge in [0, 0.05) is 43.4 Å². The van der Waals surface area contributed by atoms with E-state index in [0.717, 1.165) is 34.6 Å². The summed E-state index contributed by atoms with van der Waals surface area (Å²) in [5.74, 6) is 1.01. The maximum absolute atomic E-state index is 11.1. The molecular weight excluding hydrogens is 294 g/mol. The van der Waals surface area contributed by atoms with E-state index in [4.69, 9.17) is 9.84 Å². The van der Waals surface area contributed by atoms with Gasteiger partial charge >= 0.3 is 6.09 Å². The highest BCUT2D eigenvalue weighted by Crippen LogP contribution is 2.41. The number of rotatable bonds is 3.